The molecule has 0 bridgehead atoms. The number of esters is 1. The Morgan fingerprint density at radius 1 is 0.647 bits per heavy atom. The van der Waals surface area contributed by atoms with Crippen molar-refractivity contribution in [3.63, 3.8) is 0 Å². The second kappa shape index (κ2) is 22.7. The molecule has 0 fully saturated rings. The van der Waals surface area contributed by atoms with Gasteiger partial charge < -0.3 is 30.3 Å². The molecule has 0 spiro atoms. The van der Waals surface area contributed by atoms with E-state index in [1.54, 1.807) is 0 Å². The summed E-state index contributed by atoms with van der Waals surface area (Å²) in [5.74, 6) is -0.165. The van der Waals surface area contributed by atoms with Gasteiger partial charge in [-0.25, -0.2) is 0 Å². The molecule has 0 aromatic heterocycles. The fourth-order valence-corrected chi connectivity index (χ4v) is 4.26. The van der Waals surface area contributed by atoms with Crippen molar-refractivity contribution in [2.75, 3.05) is 13.2 Å². The largest absolute Gasteiger partial charge is 0.463 e. The number of aliphatic hydroxyl groups is 5. The van der Waals surface area contributed by atoms with Crippen LogP contribution in [-0.4, -0.2) is 69.1 Å². The van der Waals surface area contributed by atoms with E-state index in [1.165, 1.54) is 77.0 Å². The summed E-state index contributed by atoms with van der Waals surface area (Å²) in [5, 5.41) is 47.7. The maximum atomic E-state index is 12.4. The highest BCUT2D eigenvalue weighted by atomic mass is 16.5. The van der Waals surface area contributed by atoms with E-state index in [0.717, 1.165) is 25.7 Å². The first-order valence-corrected chi connectivity index (χ1v) is 13.9. The zero-order chi connectivity index (χ0) is 25.6. The van der Waals surface area contributed by atoms with Crippen LogP contribution in [0, 0.1) is 5.92 Å². The Bertz CT molecular complexity index is 460. The maximum absolute atomic E-state index is 12.4. The van der Waals surface area contributed by atoms with Crippen LogP contribution >= 0.6 is 0 Å². The van der Waals surface area contributed by atoms with Gasteiger partial charge >= 0.3 is 5.97 Å². The summed E-state index contributed by atoms with van der Waals surface area (Å²) in [6, 6.07) is 0. The quantitative estimate of drug-likeness (QED) is 0.101. The molecule has 0 saturated heterocycles. The van der Waals surface area contributed by atoms with Crippen molar-refractivity contribution < 1.29 is 35.1 Å². The molecule has 0 aromatic rings. The standard InChI is InChI=1S/C27H54O7/c1-3-5-7-9-11-12-14-16-18-22(17-15-13-10-8-6-4-2)19-25(31)34-21-24(30)27(33)26(32)23(29)20-28/h22-24,26-30,32-33H,3-21H2,1-2H3/t22?,23-,24+,26-,27-/m1/s1. The van der Waals surface area contributed by atoms with E-state index in [1.807, 2.05) is 0 Å². The predicted molar refractivity (Wildman–Crippen MR) is 135 cm³/mol. The van der Waals surface area contributed by atoms with Crippen LogP contribution in [0.4, 0.5) is 0 Å². The smallest absolute Gasteiger partial charge is 0.306 e. The van der Waals surface area contributed by atoms with Crippen molar-refractivity contribution in [2.45, 2.75) is 147 Å². The predicted octanol–water partition coefficient (Wildman–Crippen LogP) is 4.25. The van der Waals surface area contributed by atoms with E-state index in [-0.39, 0.29) is 12.3 Å². The van der Waals surface area contributed by atoms with Gasteiger partial charge in [0, 0.05) is 6.42 Å². The zero-order valence-corrected chi connectivity index (χ0v) is 21.9. The lowest BCUT2D eigenvalue weighted by atomic mass is 9.91. The molecule has 0 aliphatic carbocycles. The summed E-state index contributed by atoms with van der Waals surface area (Å²) >= 11 is 0. The highest BCUT2D eigenvalue weighted by Crippen LogP contribution is 2.23. The highest BCUT2D eigenvalue weighted by molar-refractivity contribution is 5.69. The first-order chi connectivity index (χ1) is 16.4. The van der Waals surface area contributed by atoms with E-state index in [4.69, 9.17) is 9.84 Å². The lowest BCUT2D eigenvalue weighted by molar-refractivity contribution is -0.157. The van der Waals surface area contributed by atoms with Gasteiger partial charge in [0.1, 0.15) is 31.0 Å². The minimum atomic E-state index is -1.72. The first kappa shape index (κ1) is 33.3. The van der Waals surface area contributed by atoms with Crippen LogP contribution in [0.1, 0.15) is 123 Å². The summed E-state index contributed by atoms with van der Waals surface area (Å²) in [7, 11) is 0. The van der Waals surface area contributed by atoms with Gasteiger partial charge in [0.05, 0.1) is 6.61 Å². The van der Waals surface area contributed by atoms with Gasteiger partial charge in [0.25, 0.3) is 0 Å². The first-order valence-electron chi connectivity index (χ1n) is 13.9. The van der Waals surface area contributed by atoms with Crippen LogP contribution in [0.2, 0.25) is 0 Å². The van der Waals surface area contributed by atoms with Crippen molar-refractivity contribution in [3.8, 4) is 0 Å². The molecule has 34 heavy (non-hydrogen) atoms. The number of unbranched alkanes of at least 4 members (excludes halogenated alkanes) is 12. The maximum Gasteiger partial charge on any atom is 0.306 e. The minimum Gasteiger partial charge on any atom is -0.463 e. The van der Waals surface area contributed by atoms with Gasteiger partial charge in [-0.15, -0.1) is 0 Å². The third-order valence-electron chi connectivity index (χ3n) is 6.63. The molecule has 7 nitrogen and oxygen atoms in total. The number of aliphatic hydroxyl groups excluding tert-OH is 5. The Kier molecular flexibility index (Phi) is 22.2. The monoisotopic (exact) mass is 490 g/mol. The molecule has 0 radical (unpaired) electrons. The molecule has 204 valence electrons. The van der Waals surface area contributed by atoms with Crippen molar-refractivity contribution >= 4 is 5.97 Å². The second-order valence-corrected chi connectivity index (χ2v) is 9.87. The molecule has 5 atom stereocenters. The van der Waals surface area contributed by atoms with Gasteiger partial charge in [0.15, 0.2) is 0 Å². The van der Waals surface area contributed by atoms with Gasteiger partial charge in [-0.2, -0.15) is 0 Å². The summed E-state index contributed by atoms with van der Waals surface area (Å²) < 4.78 is 5.16. The lowest BCUT2D eigenvalue weighted by Crippen LogP contribution is -2.47. The third-order valence-corrected chi connectivity index (χ3v) is 6.63. The summed E-state index contributed by atoms with van der Waals surface area (Å²) in [4.78, 5) is 12.4. The summed E-state index contributed by atoms with van der Waals surface area (Å²) in [6.07, 6.45) is 13.0. The number of ether oxygens (including phenoxy) is 1. The molecule has 5 N–H and O–H groups in total. The van der Waals surface area contributed by atoms with Crippen LogP contribution < -0.4 is 0 Å². The topological polar surface area (TPSA) is 127 Å². The average Bonchev–Trinajstić information content (AvgIpc) is 2.84. The molecule has 1 unspecified atom stereocenters. The van der Waals surface area contributed by atoms with Crippen molar-refractivity contribution in [3.05, 3.63) is 0 Å². The van der Waals surface area contributed by atoms with Crippen molar-refractivity contribution in [2.24, 2.45) is 5.92 Å². The van der Waals surface area contributed by atoms with Crippen LogP contribution in [0.3, 0.4) is 0 Å². The number of hydrogen-bond donors (Lipinski definition) is 5. The van der Waals surface area contributed by atoms with Crippen LogP contribution in [0.15, 0.2) is 0 Å². The summed E-state index contributed by atoms with van der Waals surface area (Å²) in [5.41, 5.74) is 0. The molecular weight excluding hydrogens is 436 g/mol. The molecule has 0 saturated carbocycles. The Morgan fingerprint density at radius 3 is 1.50 bits per heavy atom. The lowest BCUT2D eigenvalue weighted by Gasteiger charge is -2.25. The van der Waals surface area contributed by atoms with Gasteiger partial charge in [-0.3, -0.25) is 4.79 Å². The van der Waals surface area contributed by atoms with Crippen LogP contribution in [-0.2, 0) is 9.53 Å². The van der Waals surface area contributed by atoms with E-state index in [0.29, 0.717) is 0 Å². The minimum absolute atomic E-state index is 0.252. The molecule has 0 aliphatic heterocycles. The second-order valence-electron chi connectivity index (χ2n) is 9.87. The normalized spacial score (nSPS) is 16.1. The number of carbonyl (C=O) groups is 1. The Balaban J connectivity index is 4.40. The van der Waals surface area contributed by atoms with Gasteiger partial charge in [0.2, 0.25) is 0 Å². The van der Waals surface area contributed by atoms with E-state index in [2.05, 4.69) is 13.8 Å². The number of carbonyl (C=O) groups excluding carboxylic acids is 1. The van der Waals surface area contributed by atoms with Crippen molar-refractivity contribution in [1.82, 2.24) is 0 Å². The number of hydrogen-bond acceptors (Lipinski definition) is 7. The molecule has 0 rings (SSSR count). The Labute approximate surface area is 207 Å². The van der Waals surface area contributed by atoms with Crippen molar-refractivity contribution in [1.29, 1.82) is 0 Å². The van der Waals surface area contributed by atoms with Gasteiger partial charge in [-0.05, 0) is 18.8 Å². The Hall–Kier alpha value is -0.730. The highest BCUT2D eigenvalue weighted by Gasteiger charge is 2.30. The molecule has 0 aromatic carbocycles. The fourth-order valence-electron chi connectivity index (χ4n) is 4.26. The van der Waals surface area contributed by atoms with E-state index < -0.39 is 43.6 Å². The molecule has 0 amide bonds. The SMILES string of the molecule is CCCCCCCCCCC(CCCCCCCC)CC(=O)OC[C@H](O)[C@@H](O)[C@H](O)[C@H](O)CO. The van der Waals surface area contributed by atoms with Crippen LogP contribution in [0.5, 0.6) is 0 Å². The van der Waals surface area contributed by atoms with Crippen LogP contribution in [0.25, 0.3) is 0 Å². The molecule has 7 heteroatoms. The van der Waals surface area contributed by atoms with Gasteiger partial charge in [-0.1, -0.05) is 104 Å². The molecule has 0 heterocycles. The van der Waals surface area contributed by atoms with E-state index >= 15 is 0 Å². The summed E-state index contributed by atoms with van der Waals surface area (Å²) in [6.45, 7) is 3.22. The number of rotatable bonds is 24. The zero-order valence-electron chi connectivity index (χ0n) is 21.9. The fraction of sp³-hybridized carbons (Fsp3) is 0.963. The van der Waals surface area contributed by atoms with E-state index in [9.17, 15) is 25.2 Å². The molecule has 0 aliphatic rings. The Morgan fingerprint density at radius 2 is 1.06 bits per heavy atom. The third kappa shape index (κ3) is 17.7. The molecular formula is C27H54O7. The average molecular weight is 491 g/mol.